The minimum atomic E-state index is 0.200. The predicted octanol–water partition coefficient (Wildman–Crippen LogP) is 2.08. The van der Waals surface area contributed by atoms with E-state index in [0.717, 1.165) is 45.6 Å². The predicted molar refractivity (Wildman–Crippen MR) is 79.5 cm³/mol. The first-order chi connectivity index (χ1) is 9.70. The molecule has 0 aromatic heterocycles. The number of amides is 1. The Bertz CT molecular complexity index is 329. The Hall–Kier alpha value is -0.900. The van der Waals surface area contributed by atoms with Crippen molar-refractivity contribution in [3.63, 3.8) is 0 Å². The Morgan fingerprint density at radius 2 is 1.65 bits per heavy atom. The van der Waals surface area contributed by atoms with Crippen LogP contribution in [-0.2, 0) is 9.59 Å². The normalized spacial score (nSPS) is 21.9. The molecule has 0 N–H and O–H groups in total. The average molecular weight is 280 g/mol. The lowest BCUT2D eigenvalue weighted by Crippen LogP contribution is -2.42. The van der Waals surface area contributed by atoms with Gasteiger partial charge in [-0.15, -0.1) is 0 Å². The standard InChI is InChI=1S/C16H28N2O2/c1-2-15(19)14-6-12-18(13-7-14)16(20)8-11-17-9-4-3-5-10-17/h14H,2-13H2,1H3. The minimum absolute atomic E-state index is 0.200. The summed E-state index contributed by atoms with van der Waals surface area (Å²) >= 11 is 0. The van der Waals surface area contributed by atoms with E-state index in [2.05, 4.69) is 4.90 Å². The molecule has 1 amide bonds. The molecule has 114 valence electrons. The molecule has 2 aliphatic heterocycles. The van der Waals surface area contributed by atoms with Crippen LogP contribution in [0.25, 0.3) is 0 Å². The number of Topliss-reactive ketones (excluding diaryl/α,β-unsaturated/α-hetero) is 1. The van der Waals surface area contributed by atoms with Crippen LogP contribution in [0.2, 0.25) is 0 Å². The molecular weight excluding hydrogens is 252 g/mol. The van der Waals surface area contributed by atoms with Crippen LogP contribution in [-0.4, -0.2) is 54.2 Å². The van der Waals surface area contributed by atoms with Crippen LogP contribution in [0, 0.1) is 5.92 Å². The Morgan fingerprint density at radius 3 is 2.25 bits per heavy atom. The molecule has 0 spiro atoms. The summed E-state index contributed by atoms with van der Waals surface area (Å²) < 4.78 is 0. The Balaban J connectivity index is 1.67. The third kappa shape index (κ3) is 4.30. The number of hydrogen-bond donors (Lipinski definition) is 0. The first-order valence-corrected chi connectivity index (χ1v) is 8.23. The molecule has 0 aromatic rings. The molecule has 20 heavy (non-hydrogen) atoms. The molecule has 2 fully saturated rings. The van der Waals surface area contributed by atoms with Gasteiger partial charge in [0.15, 0.2) is 0 Å². The van der Waals surface area contributed by atoms with E-state index in [-0.39, 0.29) is 11.8 Å². The minimum Gasteiger partial charge on any atom is -0.343 e. The van der Waals surface area contributed by atoms with Gasteiger partial charge in [0.25, 0.3) is 0 Å². The van der Waals surface area contributed by atoms with Crippen molar-refractivity contribution in [2.45, 2.75) is 51.9 Å². The fourth-order valence-electron chi connectivity index (χ4n) is 3.33. The number of nitrogens with zero attached hydrogens (tertiary/aromatic N) is 2. The highest BCUT2D eigenvalue weighted by atomic mass is 16.2. The van der Waals surface area contributed by atoms with Crippen molar-refractivity contribution >= 4 is 11.7 Å². The Morgan fingerprint density at radius 1 is 1.00 bits per heavy atom. The van der Waals surface area contributed by atoms with E-state index < -0.39 is 0 Å². The molecule has 2 aliphatic rings. The smallest absolute Gasteiger partial charge is 0.223 e. The van der Waals surface area contributed by atoms with E-state index in [1.165, 1.54) is 19.3 Å². The second kappa shape index (κ2) is 7.77. The number of carbonyl (C=O) groups is 2. The van der Waals surface area contributed by atoms with Gasteiger partial charge in [-0.2, -0.15) is 0 Å². The largest absolute Gasteiger partial charge is 0.343 e. The van der Waals surface area contributed by atoms with E-state index in [1.54, 1.807) is 0 Å². The molecule has 4 nitrogen and oxygen atoms in total. The van der Waals surface area contributed by atoms with Gasteiger partial charge in [-0.25, -0.2) is 0 Å². The van der Waals surface area contributed by atoms with Crippen molar-refractivity contribution in [3.8, 4) is 0 Å². The fraction of sp³-hybridized carbons (Fsp3) is 0.875. The zero-order chi connectivity index (χ0) is 14.4. The summed E-state index contributed by atoms with van der Waals surface area (Å²) in [6.45, 7) is 6.69. The van der Waals surface area contributed by atoms with Crippen LogP contribution >= 0.6 is 0 Å². The highest BCUT2D eigenvalue weighted by Gasteiger charge is 2.26. The van der Waals surface area contributed by atoms with E-state index in [0.29, 0.717) is 18.6 Å². The van der Waals surface area contributed by atoms with Gasteiger partial charge in [0.2, 0.25) is 5.91 Å². The molecule has 0 unspecified atom stereocenters. The summed E-state index contributed by atoms with van der Waals surface area (Å²) in [6, 6.07) is 0. The van der Waals surface area contributed by atoms with Gasteiger partial charge in [0, 0.05) is 38.4 Å². The van der Waals surface area contributed by atoms with Gasteiger partial charge in [-0.05, 0) is 38.8 Å². The lowest BCUT2D eigenvalue weighted by Gasteiger charge is -2.32. The number of ketones is 1. The zero-order valence-corrected chi connectivity index (χ0v) is 12.8. The zero-order valence-electron chi connectivity index (χ0n) is 12.8. The highest BCUT2D eigenvalue weighted by Crippen LogP contribution is 2.20. The Labute approximate surface area is 122 Å². The summed E-state index contributed by atoms with van der Waals surface area (Å²) in [4.78, 5) is 28.2. The second-order valence-corrected chi connectivity index (χ2v) is 6.13. The molecule has 0 bridgehead atoms. The van der Waals surface area contributed by atoms with Crippen LogP contribution in [0.15, 0.2) is 0 Å². The van der Waals surface area contributed by atoms with Crippen LogP contribution in [0.1, 0.15) is 51.9 Å². The molecule has 0 atom stereocenters. The molecular formula is C16H28N2O2. The van der Waals surface area contributed by atoms with Crippen LogP contribution in [0.3, 0.4) is 0 Å². The highest BCUT2D eigenvalue weighted by molar-refractivity contribution is 5.81. The first kappa shape index (κ1) is 15.5. The summed E-state index contributed by atoms with van der Waals surface area (Å²) in [7, 11) is 0. The molecule has 2 saturated heterocycles. The van der Waals surface area contributed by atoms with Crippen molar-refractivity contribution in [2.75, 3.05) is 32.7 Å². The lowest BCUT2D eigenvalue weighted by molar-refractivity contribution is -0.135. The number of piperidine rings is 2. The molecule has 0 radical (unpaired) electrons. The van der Waals surface area contributed by atoms with Crippen LogP contribution in [0.5, 0.6) is 0 Å². The second-order valence-electron chi connectivity index (χ2n) is 6.13. The number of likely N-dealkylation sites (tertiary alicyclic amines) is 2. The van der Waals surface area contributed by atoms with E-state index in [1.807, 2.05) is 11.8 Å². The fourth-order valence-corrected chi connectivity index (χ4v) is 3.33. The van der Waals surface area contributed by atoms with Crippen molar-refractivity contribution in [2.24, 2.45) is 5.92 Å². The van der Waals surface area contributed by atoms with Crippen molar-refractivity contribution in [1.82, 2.24) is 9.80 Å². The van der Waals surface area contributed by atoms with E-state index in [4.69, 9.17) is 0 Å². The molecule has 2 rings (SSSR count). The van der Waals surface area contributed by atoms with Crippen molar-refractivity contribution < 1.29 is 9.59 Å². The number of rotatable bonds is 5. The maximum atomic E-state index is 12.2. The number of carbonyl (C=O) groups excluding carboxylic acids is 2. The number of hydrogen-bond acceptors (Lipinski definition) is 3. The molecule has 2 heterocycles. The van der Waals surface area contributed by atoms with E-state index in [9.17, 15) is 9.59 Å². The Kier molecular flexibility index (Phi) is 6.02. The molecule has 4 heteroatoms. The van der Waals surface area contributed by atoms with Gasteiger partial charge < -0.3 is 9.80 Å². The summed E-state index contributed by atoms with van der Waals surface area (Å²) in [6.07, 6.45) is 6.89. The first-order valence-electron chi connectivity index (χ1n) is 8.23. The third-order valence-corrected chi connectivity index (χ3v) is 4.74. The molecule has 0 saturated carbocycles. The third-order valence-electron chi connectivity index (χ3n) is 4.74. The van der Waals surface area contributed by atoms with Gasteiger partial charge in [0.1, 0.15) is 5.78 Å². The maximum absolute atomic E-state index is 12.2. The van der Waals surface area contributed by atoms with Crippen molar-refractivity contribution in [1.29, 1.82) is 0 Å². The topological polar surface area (TPSA) is 40.6 Å². The van der Waals surface area contributed by atoms with Crippen LogP contribution in [0.4, 0.5) is 0 Å². The van der Waals surface area contributed by atoms with Crippen LogP contribution < -0.4 is 0 Å². The maximum Gasteiger partial charge on any atom is 0.223 e. The summed E-state index contributed by atoms with van der Waals surface area (Å²) in [5.41, 5.74) is 0. The average Bonchev–Trinajstić information content (AvgIpc) is 2.53. The quantitative estimate of drug-likeness (QED) is 0.774. The van der Waals surface area contributed by atoms with Gasteiger partial charge in [-0.1, -0.05) is 13.3 Å². The van der Waals surface area contributed by atoms with Gasteiger partial charge in [0.05, 0.1) is 0 Å². The summed E-state index contributed by atoms with van der Waals surface area (Å²) in [5, 5.41) is 0. The van der Waals surface area contributed by atoms with E-state index >= 15 is 0 Å². The summed E-state index contributed by atoms with van der Waals surface area (Å²) in [5.74, 6) is 0.842. The van der Waals surface area contributed by atoms with Gasteiger partial charge in [-0.3, -0.25) is 9.59 Å². The SMILES string of the molecule is CCC(=O)C1CCN(C(=O)CCN2CCCCC2)CC1. The van der Waals surface area contributed by atoms with Crippen molar-refractivity contribution in [3.05, 3.63) is 0 Å². The van der Waals surface area contributed by atoms with Gasteiger partial charge >= 0.3 is 0 Å². The molecule has 0 aromatic carbocycles. The molecule has 0 aliphatic carbocycles. The monoisotopic (exact) mass is 280 g/mol. The lowest BCUT2D eigenvalue weighted by atomic mass is 9.91.